The van der Waals surface area contributed by atoms with Crippen LogP contribution in [0.3, 0.4) is 0 Å². The van der Waals surface area contributed by atoms with Crippen molar-refractivity contribution >= 4 is 5.91 Å². The minimum absolute atomic E-state index is 0.152. The van der Waals surface area contributed by atoms with Crippen molar-refractivity contribution in [2.24, 2.45) is 0 Å². The highest BCUT2D eigenvalue weighted by Crippen LogP contribution is 2.35. The van der Waals surface area contributed by atoms with Gasteiger partial charge in [0.2, 0.25) is 0 Å². The van der Waals surface area contributed by atoms with Gasteiger partial charge in [-0.3, -0.25) is 9.69 Å². The molecule has 0 radical (unpaired) electrons. The summed E-state index contributed by atoms with van der Waals surface area (Å²) >= 11 is 0. The molecule has 2 heterocycles. The van der Waals surface area contributed by atoms with E-state index in [4.69, 9.17) is 14.6 Å². The van der Waals surface area contributed by atoms with E-state index in [9.17, 15) is 18.0 Å². The normalized spacial score (nSPS) is 15.1. The number of hydrogen-bond acceptors (Lipinski definition) is 5. The fraction of sp³-hybridized carbons (Fsp3) is 0.360. The summed E-state index contributed by atoms with van der Waals surface area (Å²) in [6, 6.07) is 14.6. The standard InChI is InChI=1S/C25H27F3N4O3/c1-34-19-9-10-20(22(15-19)35-2)23-21(16-32(29-23)18-7-4-3-5-8-18)24(33)31-12-6-11-30(13-14-31)17-25(26,27)28/h3-5,7-10,15-16H,6,11-14,17H2,1-2H3. The molecule has 1 saturated heterocycles. The second-order valence-corrected chi connectivity index (χ2v) is 8.27. The minimum atomic E-state index is -4.27. The van der Waals surface area contributed by atoms with Crippen molar-refractivity contribution in [2.45, 2.75) is 12.6 Å². The summed E-state index contributed by atoms with van der Waals surface area (Å²) in [4.78, 5) is 16.6. The SMILES string of the molecule is COc1ccc(-c2nn(-c3ccccc3)cc2C(=O)N2CCCN(CC(F)(F)F)CC2)c(OC)c1. The number of aromatic nitrogens is 2. The van der Waals surface area contributed by atoms with Crippen LogP contribution in [-0.4, -0.2) is 78.6 Å². The molecule has 1 aliphatic rings. The van der Waals surface area contributed by atoms with E-state index < -0.39 is 12.7 Å². The third kappa shape index (κ3) is 5.76. The molecule has 1 fully saturated rings. The largest absolute Gasteiger partial charge is 0.497 e. The van der Waals surface area contributed by atoms with E-state index in [1.54, 1.807) is 41.1 Å². The number of carbonyl (C=O) groups excluding carboxylic acids is 1. The van der Waals surface area contributed by atoms with Gasteiger partial charge < -0.3 is 14.4 Å². The summed E-state index contributed by atoms with van der Waals surface area (Å²) in [5.74, 6) is 0.802. The number of methoxy groups -OCH3 is 2. The number of hydrogen-bond donors (Lipinski definition) is 0. The first-order valence-electron chi connectivity index (χ1n) is 11.2. The third-order valence-electron chi connectivity index (χ3n) is 5.91. The fourth-order valence-electron chi connectivity index (χ4n) is 4.19. The number of ether oxygens (including phenoxy) is 2. The quantitative estimate of drug-likeness (QED) is 0.519. The Labute approximate surface area is 201 Å². The Bertz CT molecular complexity index is 1160. The molecule has 186 valence electrons. The number of amides is 1. The van der Waals surface area contributed by atoms with Gasteiger partial charge in [0.25, 0.3) is 5.91 Å². The lowest BCUT2D eigenvalue weighted by Crippen LogP contribution is -2.38. The van der Waals surface area contributed by atoms with Crippen LogP contribution in [0.4, 0.5) is 13.2 Å². The number of nitrogens with zero attached hydrogens (tertiary/aromatic N) is 4. The Hall–Kier alpha value is -3.53. The molecular formula is C25H27F3N4O3. The van der Waals surface area contributed by atoms with Crippen molar-refractivity contribution in [3.8, 4) is 28.4 Å². The Morgan fingerprint density at radius 3 is 2.46 bits per heavy atom. The fourth-order valence-corrected chi connectivity index (χ4v) is 4.19. The lowest BCUT2D eigenvalue weighted by atomic mass is 10.1. The van der Waals surface area contributed by atoms with Gasteiger partial charge >= 0.3 is 6.18 Å². The molecule has 10 heteroatoms. The number of rotatable bonds is 6. The number of alkyl halides is 3. The van der Waals surface area contributed by atoms with Crippen molar-refractivity contribution in [1.29, 1.82) is 0 Å². The smallest absolute Gasteiger partial charge is 0.401 e. The lowest BCUT2D eigenvalue weighted by Gasteiger charge is -2.22. The molecular weight excluding hydrogens is 461 g/mol. The van der Waals surface area contributed by atoms with Crippen molar-refractivity contribution in [3.05, 3.63) is 60.3 Å². The van der Waals surface area contributed by atoms with Crippen LogP contribution in [0.5, 0.6) is 11.5 Å². The van der Waals surface area contributed by atoms with Crippen LogP contribution < -0.4 is 9.47 Å². The monoisotopic (exact) mass is 488 g/mol. The Morgan fingerprint density at radius 1 is 1.00 bits per heavy atom. The lowest BCUT2D eigenvalue weighted by molar-refractivity contribution is -0.145. The average Bonchev–Trinajstić information content (AvgIpc) is 3.17. The van der Waals surface area contributed by atoms with E-state index >= 15 is 0 Å². The highest BCUT2D eigenvalue weighted by atomic mass is 19.4. The van der Waals surface area contributed by atoms with Crippen molar-refractivity contribution in [3.63, 3.8) is 0 Å². The summed E-state index contributed by atoms with van der Waals surface area (Å²) in [7, 11) is 3.08. The maximum atomic E-state index is 13.7. The zero-order chi connectivity index (χ0) is 25.0. The van der Waals surface area contributed by atoms with Crippen LogP contribution in [0, 0.1) is 0 Å². The van der Waals surface area contributed by atoms with Gasteiger partial charge in [-0.15, -0.1) is 0 Å². The van der Waals surface area contributed by atoms with Crippen LogP contribution in [0.2, 0.25) is 0 Å². The highest BCUT2D eigenvalue weighted by molar-refractivity contribution is 6.00. The molecule has 0 unspecified atom stereocenters. The van der Waals surface area contributed by atoms with Gasteiger partial charge in [0.1, 0.15) is 17.2 Å². The van der Waals surface area contributed by atoms with Crippen molar-refractivity contribution in [2.75, 3.05) is 46.9 Å². The molecule has 1 amide bonds. The summed E-state index contributed by atoms with van der Waals surface area (Å²) in [6.07, 6.45) is -2.15. The first kappa shape index (κ1) is 24.6. The second kappa shape index (κ2) is 10.4. The van der Waals surface area contributed by atoms with E-state index in [1.807, 2.05) is 30.3 Å². The van der Waals surface area contributed by atoms with Crippen molar-refractivity contribution < 1.29 is 27.4 Å². The van der Waals surface area contributed by atoms with Crippen LogP contribution in [0.15, 0.2) is 54.7 Å². The third-order valence-corrected chi connectivity index (χ3v) is 5.91. The predicted octanol–water partition coefficient (Wildman–Crippen LogP) is 4.27. The van der Waals surface area contributed by atoms with Gasteiger partial charge in [0.05, 0.1) is 32.0 Å². The molecule has 1 aliphatic heterocycles. The number of carbonyl (C=O) groups is 1. The molecule has 1 aromatic heterocycles. The topological polar surface area (TPSA) is 59.8 Å². The van der Waals surface area contributed by atoms with Crippen LogP contribution in [0.1, 0.15) is 16.8 Å². The summed E-state index contributed by atoms with van der Waals surface area (Å²) in [5.41, 5.74) is 2.16. The number of halogens is 3. The van der Waals surface area contributed by atoms with E-state index in [1.165, 1.54) is 12.0 Å². The van der Waals surface area contributed by atoms with Gasteiger partial charge in [0, 0.05) is 44.0 Å². The van der Waals surface area contributed by atoms with Gasteiger partial charge in [0.15, 0.2) is 0 Å². The van der Waals surface area contributed by atoms with E-state index in [-0.39, 0.29) is 25.5 Å². The summed E-state index contributed by atoms with van der Waals surface area (Å²) < 4.78 is 51.1. The molecule has 0 aliphatic carbocycles. The molecule has 35 heavy (non-hydrogen) atoms. The number of benzene rings is 2. The number of para-hydroxylation sites is 1. The molecule has 7 nitrogen and oxygen atoms in total. The first-order valence-corrected chi connectivity index (χ1v) is 11.2. The summed E-state index contributed by atoms with van der Waals surface area (Å²) in [5, 5.41) is 4.71. The zero-order valence-corrected chi connectivity index (χ0v) is 19.6. The van der Waals surface area contributed by atoms with Crippen LogP contribution in [0.25, 0.3) is 16.9 Å². The Morgan fingerprint density at radius 2 is 1.77 bits per heavy atom. The van der Waals surface area contributed by atoms with Crippen LogP contribution >= 0.6 is 0 Å². The molecule has 0 atom stereocenters. The Kier molecular flexibility index (Phi) is 7.30. The molecule has 3 aromatic rings. The van der Waals surface area contributed by atoms with Gasteiger partial charge in [-0.05, 0) is 30.7 Å². The highest BCUT2D eigenvalue weighted by Gasteiger charge is 2.33. The molecule has 0 bridgehead atoms. The maximum Gasteiger partial charge on any atom is 0.401 e. The zero-order valence-electron chi connectivity index (χ0n) is 19.6. The van der Waals surface area contributed by atoms with Gasteiger partial charge in [-0.2, -0.15) is 18.3 Å². The first-order chi connectivity index (χ1) is 16.8. The predicted molar refractivity (Wildman–Crippen MR) is 125 cm³/mol. The van der Waals surface area contributed by atoms with E-state index in [0.717, 1.165) is 5.69 Å². The molecule has 0 saturated carbocycles. The maximum absolute atomic E-state index is 13.7. The van der Waals surface area contributed by atoms with Crippen molar-refractivity contribution in [1.82, 2.24) is 19.6 Å². The van der Waals surface area contributed by atoms with Gasteiger partial charge in [-0.25, -0.2) is 4.68 Å². The molecule has 0 spiro atoms. The van der Waals surface area contributed by atoms with E-state index in [2.05, 4.69) is 0 Å². The second-order valence-electron chi connectivity index (χ2n) is 8.27. The average molecular weight is 489 g/mol. The summed E-state index contributed by atoms with van der Waals surface area (Å²) in [6.45, 7) is 0.0216. The minimum Gasteiger partial charge on any atom is -0.497 e. The van der Waals surface area contributed by atoms with E-state index in [0.29, 0.717) is 41.3 Å². The molecule has 2 aromatic carbocycles. The Balaban J connectivity index is 1.70. The molecule has 0 N–H and O–H groups in total. The van der Waals surface area contributed by atoms with Gasteiger partial charge in [-0.1, -0.05) is 18.2 Å². The van der Waals surface area contributed by atoms with Crippen LogP contribution in [-0.2, 0) is 0 Å². The molecule has 4 rings (SSSR count).